The lowest BCUT2D eigenvalue weighted by Gasteiger charge is -2.29. The Morgan fingerprint density at radius 1 is 0.935 bits per heavy atom. The van der Waals surface area contributed by atoms with Crippen LogP contribution < -0.4 is 21.1 Å². The molecule has 13 nitrogen and oxygen atoms in total. The van der Waals surface area contributed by atoms with Gasteiger partial charge >= 0.3 is 0 Å². The van der Waals surface area contributed by atoms with Gasteiger partial charge in [-0.25, -0.2) is 13.6 Å². The fourth-order valence-corrected chi connectivity index (χ4v) is 6.11. The molecule has 1 aliphatic rings. The smallest absolute Gasteiger partial charge is 0.247 e. The van der Waals surface area contributed by atoms with E-state index in [1.165, 1.54) is 19.1 Å². The van der Waals surface area contributed by atoms with Crippen LogP contribution in [0.3, 0.4) is 0 Å². The molecule has 1 saturated carbocycles. The van der Waals surface area contributed by atoms with Crippen molar-refractivity contribution in [3.05, 3.63) is 78.4 Å². The normalized spacial score (nSPS) is 17.1. The zero-order valence-corrected chi connectivity index (χ0v) is 26.1. The number of carbonyl (C=O) groups excluding carboxylic acids is 3. The van der Waals surface area contributed by atoms with Crippen LogP contribution in [0.4, 0.5) is 5.69 Å². The minimum Gasteiger partial charge on any atom is -0.356 e. The van der Waals surface area contributed by atoms with Gasteiger partial charge in [0.2, 0.25) is 33.6 Å². The Bertz CT molecular complexity index is 1770. The number of nitrogens with one attached hydrogen (secondary N) is 4. The summed E-state index contributed by atoms with van der Waals surface area (Å²) < 4.78 is 23.6. The zero-order chi connectivity index (χ0) is 32.7. The van der Waals surface area contributed by atoms with Gasteiger partial charge in [0.1, 0.15) is 6.04 Å². The molecule has 240 valence electrons. The Morgan fingerprint density at radius 3 is 2.26 bits per heavy atom. The second-order valence-electron chi connectivity index (χ2n) is 11.5. The third kappa shape index (κ3) is 8.61. The molecule has 3 aromatic carbocycles. The highest BCUT2D eigenvalue weighted by molar-refractivity contribution is 7.89. The first-order chi connectivity index (χ1) is 22.0. The van der Waals surface area contributed by atoms with E-state index >= 15 is 0 Å². The Kier molecular flexibility index (Phi) is 10.2. The summed E-state index contributed by atoms with van der Waals surface area (Å²) in [5.74, 6) is -0.0944. The monoisotopic (exact) mass is 644 g/mol. The van der Waals surface area contributed by atoms with Crippen LogP contribution >= 0.6 is 0 Å². The molecular weight excluding hydrogens is 608 g/mol. The van der Waals surface area contributed by atoms with Crippen molar-refractivity contribution in [2.24, 2.45) is 17.0 Å². The number of primary sulfonamides is 1. The van der Waals surface area contributed by atoms with Gasteiger partial charge in [-0.15, -0.1) is 10.2 Å². The molecule has 0 radical (unpaired) electrons. The van der Waals surface area contributed by atoms with Gasteiger partial charge in [-0.2, -0.15) is 5.21 Å². The molecule has 1 atom stereocenters. The number of carbonyl (C=O) groups is 3. The number of sulfonamides is 1. The largest absolute Gasteiger partial charge is 0.356 e. The van der Waals surface area contributed by atoms with Crippen molar-refractivity contribution < 1.29 is 22.8 Å². The SMILES string of the molecule is CC(=O)NCC1CCC(C(=O)N[C@@H](Cc2ccc(-c3cccc(S(N)(=O)=O)c3)cc2)C(=O)Nc2ccc(-c3nn[nH]n3)cc2)CC1. The molecule has 14 heteroatoms. The van der Waals surface area contributed by atoms with Gasteiger partial charge in [0, 0.05) is 37.1 Å². The van der Waals surface area contributed by atoms with E-state index in [4.69, 9.17) is 5.14 Å². The number of aromatic amines is 1. The summed E-state index contributed by atoms with van der Waals surface area (Å²) in [6.45, 7) is 2.09. The van der Waals surface area contributed by atoms with Gasteiger partial charge in [0.05, 0.1) is 4.90 Å². The number of rotatable bonds is 11. The predicted molar refractivity (Wildman–Crippen MR) is 171 cm³/mol. The van der Waals surface area contributed by atoms with Crippen LogP contribution in [-0.4, -0.2) is 59.4 Å². The molecule has 46 heavy (non-hydrogen) atoms. The summed E-state index contributed by atoms with van der Waals surface area (Å²) in [4.78, 5) is 38.3. The lowest BCUT2D eigenvalue weighted by atomic mass is 9.81. The van der Waals surface area contributed by atoms with Crippen molar-refractivity contribution in [2.75, 3.05) is 11.9 Å². The summed E-state index contributed by atoms with van der Waals surface area (Å²) in [6.07, 6.45) is 3.21. The number of nitrogens with two attached hydrogens (primary N) is 1. The number of amides is 3. The fourth-order valence-electron chi connectivity index (χ4n) is 5.55. The van der Waals surface area contributed by atoms with E-state index in [1.807, 2.05) is 24.3 Å². The Labute approximate surface area is 266 Å². The average molecular weight is 645 g/mol. The number of anilines is 1. The molecule has 6 N–H and O–H groups in total. The quantitative estimate of drug-likeness (QED) is 0.164. The van der Waals surface area contributed by atoms with Crippen LogP contribution in [0, 0.1) is 11.8 Å². The van der Waals surface area contributed by atoms with Crippen LogP contribution in [0.5, 0.6) is 0 Å². The minimum absolute atomic E-state index is 0.0167. The Balaban J connectivity index is 1.29. The van der Waals surface area contributed by atoms with E-state index in [2.05, 4.69) is 36.6 Å². The summed E-state index contributed by atoms with van der Waals surface area (Å²) >= 11 is 0. The molecule has 1 heterocycles. The van der Waals surface area contributed by atoms with Crippen molar-refractivity contribution in [3.63, 3.8) is 0 Å². The average Bonchev–Trinajstić information content (AvgIpc) is 3.59. The van der Waals surface area contributed by atoms with Gasteiger partial charge in [0.25, 0.3) is 0 Å². The number of nitrogens with zero attached hydrogens (tertiary/aromatic N) is 3. The second-order valence-corrected chi connectivity index (χ2v) is 13.1. The third-order valence-corrected chi connectivity index (χ3v) is 9.05. The van der Waals surface area contributed by atoms with Gasteiger partial charge < -0.3 is 16.0 Å². The van der Waals surface area contributed by atoms with Crippen LogP contribution in [0.1, 0.15) is 38.2 Å². The molecule has 0 aliphatic heterocycles. The standard InChI is InChI=1S/C32H36N8O5S/c1-20(41)34-19-22-7-11-25(12-8-22)31(42)36-29(32(43)35-27-15-13-24(14-16-27)30-37-39-40-38-30)17-21-5-9-23(10-6-21)26-3-2-4-28(18-26)46(33,44)45/h2-6,9-10,13-16,18,22,25,29H,7-8,11-12,17,19H2,1H3,(H,34,41)(H,35,43)(H,36,42)(H2,33,44,45)(H,37,38,39,40)/t22?,25?,29-/m0/s1. The molecule has 0 unspecified atom stereocenters. The van der Waals surface area contributed by atoms with Crippen LogP contribution in [0.2, 0.25) is 0 Å². The molecule has 0 saturated heterocycles. The summed E-state index contributed by atoms with van der Waals surface area (Å²) in [7, 11) is -3.85. The van der Waals surface area contributed by atoms with Crippen LogP contribution in [0.15, 0.2) is 77.7 Å². The first kappa shape index (κ1) is 32.4. The number of aromatic nitrogens is 4. The number of hydrogen-bond acceptors (Lipinski definition) is 8. The highest BCUT2D eigenvalue weighted by atomic mass is 32.2. The molecule has 1 fully saturated rings. The maximum Gasteiger partial charge on any atom is 0.247 e. The van der Waals surface area contributed by atoms with E-state index < -0.39 is 16.1 Å². The van der Waals surface area contributed by atoms with E-state index in [0.717, 1.165) is 29.5 Å². The van der Waals surface area contributed by atoms with Crippen molar-refractivity contribution in [2.45, 2.75) is 50.0 Å². The third-order valence-electron chi connectivity index (χ3n) is 8.14. The lowest BCUT2D eigenvalue weighted by Crippen LogP contribution is -2.48. The molecular formula is C32H36N8O5S. The minimum atomic E-state index is -3.85. The molecule has 1 aromatic heterocycles. The Morgan fingerprint density at radius 2 is 1.63 bits per heavy atom. The van der Waals surface area contributed by atoms with Crippen molar-refractivity contribution >= 4 is 33.4 Å². The molecule has 1 aliphatic carbocycles. The van der Waals surface area contributed by atoms with Gasteiger partial charge in [-0.05, 0) is 89.9 Å². The highest BCUT2D eigenvalue weighted by Gasteiger charge is 2.30. The van der Waals surface area contributed by atoms with E-state index in [1.54, 1.807) is 36.4 Å². The topological polar surface area (TPSA) is 202 Å². The fraction of sp³-hybridized carbons (Fsp3) is 0.312. The van der Waals surface area contributed by atoms with Crippen LogP contribution in [-0.2, 0) is 30.8 Å². The maximum atomic E-state index is 13.6. The first-order valence-corrected chi connectivity index (χ1v) is 16.5. The molecule has 0 bridgehead atoms. The molecule has 5 rings (SSSR count). The van der Waals surface area contributed by atoms with E-state index in [-0.39, 0.29) is 35.0 Å². The second kappa shape index (κ2) is 14.4. The van der Waals surface area contributed by atoms with Gasteiger partial charge in [0.15, 0.2) is 0 Å². The maximum absolute atomic E-state index is 13.6. The van der Waals surface area contributed by atoms with Gasteiger partial charge in [-0.3, -0.25) is 14.4 Å². The number of hydrogen-bond donors (Lipinski definition) is 5. The summed E-state index contributed by atoms with van der Waals surface area (Å²) in [5, 5.41) is 27.9. The van der Waals surface area contributed by atoms with Crippen LogP contribution in [0.25, 0.3) is 22.5 Å². The van der Waals surface area contributed by atoms with Crippen molar-refractivity contribution in [3.8, 4) is 22.5 Å². The van der Waals surface area contributed by atoms with E-state index in [9.17, 15) is 22.8 Å². The molecule has 0 spiro atoms. The number of benzene rings is 3. The summed E-state index contributed by atoms with van der Waals surface area (Å²) in [6, 6.07) is 19.8. The number of tetrazole rings is 1. The highest BCUT2D eigenvalue weighted by Crippen LogP contribution is 2.29. The lowest BCUT2D eigenvalue weighted by molar-refractivity contribution is -0.130. The molecule has 4 aromatic rings. The summed E-state index contributed by atoms with van der Waals surface area (Å²) in [5.41, 5.74) is 3.52. The first-order valence-electron chi connectivity index (χ1n) is 15.0. The Hall–Kier alpha value is -4.95. The number of H-pyrrole nitrogens is 1. The van der Waals surface area contributed by atoms with Crippen molar-refractivity contribution in [1.29, 1.82) is 0 Å². The zero-order valence-electron chi connectivity index (χ0n) is 25.3. The molecule has 3 amide bonds. The van der Waals surface area contributed by atoms with E-state index in [0.29, 0.717) is 42.4 Å². The van der Waals surface area contributed by atoms with Crippen molar-refractivity contribution in [1.82, 2.24) is 31.3 Å². The van der Waals surface area contributed by atoms with Gasteiger partial charge in [-0.1, -0.05) is 36.4 Å². The predicted octanol–water partition coefficient (Wildman–Crippen LogP) is 2.79.